The van der Waals surface area contributed by atoms with Gasteiger partial charge in [-0.15, -0.1) is 0 Å². The number of carbonyl (C=O) groups excluding carboxylic acids is 1. The lowest BCUT2D eigenvalue weighted by Gasteiger charge is -2.25. The number of hydrogen-bond donors (Lipinski definition) is 1. The average molecular weight is 196 g/mol. The second-order valence-corrected chi connectivity index (χ2v) is 4.83. The van der Waals surface area contributed by atoms with Crippen LogP contribution in [0.25, 0.3) is 0 Å². The van der Waals surface area contributed by atoms with Crippen molar-refractivity contribution in [2.45, 2.75) is 52.2 Å². The number of amides is 1. The van der Waals surface area contributed by atoms with Crippen molar-refractivity contribution in [3.8, 4) is 0 Å². The zero-order valence-corrected chi connectivity index (χ0v) is 9.34. The van der Waals surface area contributed by atoms with Gasteiger partial charge in [0, 0.05) is 6.04 Å². The first-order valence-electron chi connectivity index (χ1n) is 5.67. The van der Waals surface area contributed by atoms with Crippen molar-refractivity contribution < 1.29 is 4.79 Å². The fraction of sp³-hybridized carbons (Fsp3) is 0.909. The molecule has 14 heavy (non-hydrogen) atoms. The fourth-order valence-electron chi connectivity index (χ4n) is 2.50. The van der Waals surface area contributed by atoms with Gasteiger partial charge in [-0.3, -0.25) is 10.1 Å². The van der Waals surface area contributed by atoms with Gasteiger partial charge in [0.1, 0.15) is 0 Å². The zero-order chi connectivity index (χ0) is 10.3. The van der Waals surface area contributed by atoms with E-state index in [4.69, 9.17) is 0 Å². The lowest BCUT2D eigenvalue weighted by atomic mass is 10.1. The molecule has 1 heterocycles. The van der Waals surface area contributed by atoms with Crippen LogP contribution >= 0.6 is 0 Å². The third-order valence-electron chi connectivity index (χ3n) is 3.95. The molecule has 3 unspecified atom stereocenters. The molecular formula is C11H20N2O. The summed E-state index contributed by atoms with van der Waals surface area (Å²) in [6.45, 7) is 7.18. The lowest BCUT2D eigenvalue weighted by Crippen LogP contribution is -2.40. The number of rotatable bonds is 3. The number of nitrogens with one attached hydrogen (secondary N) is 1. The SMILES string of the molecule is CCC1NCC(=O)N1C1CC1(C)CC. The van der Waals surface area contributed by atoms with Crippen LogP contribution in [0.2, 0.25) is 0 Å². The Labute approximate surface area is 85.8 Å². The number of nitrogens with zero attached hydrogens (tertiary/aromatic N) is 1. The molecule has 0 aromatic heterocycles. The van der Waals surface area contributed by atoms with Gasteiger partial charge in [0.05, 0.1) is 12.7 Å². The largest absolute Gasteiger partial charge is 0.323 e. The van der Waals surface area contributed by atoms with Crippen LogP contribution in [0.5, 0.6) is 0 Å². The zero-order valence-electron chi connectivity index (χ0n) is 9.34. The van der Waals surface area contributed by atoms with E-state index in [0.29, 0.717) is 30.1 Å². The summed E-state index contributed by atoms with van der Waals surface area (Å²) < 4.78 is 0. The molecule has 0 aromatic rings. The first-order chi connectivity index (χ1) is 6.62. The maximum Gasteiger partial charge on any atom is 0.238 e. The van der Waals surface area contributed by atoms with Crippen molar-refractivity contribution in [1.29, 1.82) is 0 Å². The van der Waals surface area contributed by atoms with E-state index in [1.54, 1.807) is 0 Å². The van der Waals surface area contributed by atoms with Gasteiger partial charge in [-0.25, -0.2) is 0 Å². The predicted octanol–water partition coefficient (Wildman–Crippen LogP) is 1.34. The number of hydrogen-bond acceptors (Lipinski definition) is 2. The highest BCUT2D eigenvalue weighted by molar-refractivity contribution is 5.81. The molecule has 0 radical (unpaired) electrons. The lowest BCUT2D eigenvalue weighted by molar-refractivity contribution is -0.129. The minimum Gasteiger partial charge on any atom is -0.323 e. The first kappa shape index (κ1) is 9.97. The van der Waals surface area contributed by atoms with E-state index >= 15 is 0 Å². The molecule has 3 heteroatoms. The normalized spacial score (nSPS) is 41.9. The summed E-state index contributed by atoms with van der Waals surface area (Å²) in [5.41, 5.74) is 0.398. The molecule has 1 amide bonds. The maximum atomic E-state index is 11.7. The summed E-state index contributed by atoms with van der Waals surface area (Å²) in [5.74, 6) is 0.291. The molecule has 0 aromatic carbocycles. The molecule has 80 valence electrons. The highest BCUT2D eigenvalue weighted by atomic mass is 16.2. The van der Waals surface area contributed by atoms with Gasteiger partial charge in [0.25, 0.3) is 0 Å². The van der Waals surface area contributed by atoms with Crippen LogP contribution < -0.4 is 5.32 Å². The van der Waals surface area contributed by atoms with Gasteiger partial charge < -0.3 is 4.90 Å². The van der Waals surface area contributed by atoms with Gasteiger partial charge in [-0.05, 0) is 24.7 Å². The van der Waals surface area contributed by atoms with Crippen LogP contribution in [-0.4, -0.2) is 29.6 Å². The average Bonchev–Trinajstić information content (AvgIpc) is 2.70. The summed E-state index contributed by atoms with van der Waals surface area (Å²) in [6.07, 6.45) is 3.67. The Kier molecular flexibility index (Phi) is 2.30. The summed E-state index contributed by atoms with van der Waals surface area (Å²) in [7, 11) is 0. The molecule has 1 N–H and O–H groups in total. The van der Waals surface area contributed by atoms with E-state index in [0.717, 1.165) is 6.42 Å². The molecule has 1 saturated carbocycles. The van der Waals surface area contributed by atoms with E-state index in [1.165, 1.54) is 12.8 Å². The highest BCUT2D eigenvalue weighted by Crippen LogP contribution is 2.52. The monoisotopic (exact) mass is 196 g/mol. The van der Waals surface area contributed by atoms with E-state index < -0.39 is 0 Å². The Hall–Kier alpha value is -0.570. The molecule has 2 fully saturated rings. The third-order valence-corrected chi connectivity index (χ3v) is 3.95. The van der Waals surface area contributed by atoms with Crippen molar-refractivity contribution in [2.24, 2.45) is 5.41 Å². The smallest absolute Gasteiger partial charge is 0.238 e. The second-order valence-electron chi connectivity index (χ2n) is 4.83. The van der Waals surface area contributed by atoms with Gasteiger partial charge in [-0.2, -0.15) is 0 Å². The van der Waals surface area contributed by atoms with E-state index in [1.807, 2.05) is 0 Å². The van der Waals surface area contributed by atoms with Crippen molar-refractivity contribution in [1.82, 2.24) is 10.2 Å². The minimum absolute atomic E-state index is 0.291. The summed E-state index contributed by atoms with van der Waals surface area (Å²) in [4.78, 5) is 13.8. The van der Waals surface area contributed by atoms with Gasteiger partial charge in [0.2, 0.25) is 5.91 Å². The van der Waals surface area contributed by atoms with E-state index in [9.17, 15) is 4.79 Å². The summed E-state index contributed by atoms with van der Waals surface area (Å²) in [6, 6.07) is 0.500. The molecule has 0 bridgehead atoms. The topological polar surface area (TPSA) is 32.3 Å². The maximum absolute atomic E-state index is 11.7. The third kappa shape index (κ3) is 1.34. The quantitative estimate of drug-likeness (QED) is 0.739. The molecule has 1 saturated heterocycles. The van der Waals surface area contributed by atoms with Gasteiger partial charge in [0.15, 0.2) is 0 Å². The van der Waals surface area contributed by atoms with Crippen molar-refractivity contribution in [3.05, 3.63) is 0 Å². The first-order valence-corrected chi connectivity index (χ1v) is 5.67. The Morgan fingerprint density at radius 3 is 2.79 bits per heavy atom. The van der Waals surface area contributed by atoms with Crippen LogP contribution in [-0.2, 0) is 4.79 Å². The molecule has 1 aliphatic carbocycles. The number of carbonyl (C=O) groups is 1. The van der Waals surface area contributed by atoms with Crippen LogP contribution in [0, 0.1) is 5.41 Å². The molecule has 0 spiro atoms. The molecule has 2 aliphatic rings. The van der Waals surface area contributed by atoms with Crippen molar-refractivity contribution in [3.63, 3.8) is 0 Å². The van der Waals surface area contributed by atoms with Crippen LogP contribution in [0.15, 0.2) is 0 Å². The Bertz CT molecular complexity index is 254. The Balaban J connectivity index is 2.07. The summed E-state index contributed by atoms with van der Waals surface area (Å²) >= 11 is 0. The van der Waals surface area contributed by atoms with E-state index in [-0.39, 0.29) is 0 Å². The van der Waals surface area contributed by atoms with Crippen LogP contribution in [0.1, 0.15) is 40.0 Å². The predicted molar refractivity (Wildman–Crippen MR) is 55.7 cm³/mol. The second kappa shape index (κ2) is 3.23. The van der Waals surface area contributed by atoms with Gasteiger partial charge in [-0.1, -0.05) is 20.8 Å². The molecule has 1 aliphatic heterocycles. The van der Waals surface area contributed by atoms with Gasteiger partial charge >= 0.3 is 0 Å². The molecular weight excluding hydrogens is 176 g/mol. The summed E-state index contributed by atoms with van der Waals surface area (Å²) in [5, 5.41) is 3.27. The van der Waals surface area contributed by atoms with Crippen molar-refractivity contribution >= 4 is 5.91 Å². The Morgan fingerprint density at radius 2 is 2.29 bits per heavy atom. The van der Waals surface area contributed by atoms with Crippen LogP contribution in [0.4, 0.5) is 0 Å². The molecule has 2 rings (SSSR count). The van der Waals surface area contributed by atoms with Crippen LogP contribution in [0.3, 0.4) is 0 Å². The standard InChI is InChI=1S/C11H20N2O/c1-4-9-12-7-10(14)13(9)8-6-11(8,3)5-2/h8-9,12H,4-7H2,1-3H3. The Morgan fingerprint density at radius 1 is 1.57 bits per heavy atom. The van der Waals surface area contributed by atoms with E-state index in [2.05, 4.69) is 31.0 Å². The molecule has 3 nitrogen and oxygen atoms in total. The molecule has 3 atom stereocenters. The fourth-order valence-corrected chi connectivity index (χ4v) is 2.50. The minimum atomic E-state index is 0.291. The highest BCUT2D eigenvalue weighted by Gasteiger charge is 2.55. The van der Waals surface area contributed by atoms with Crippen molar-refractivity contribution in [2.75, 3.05) is 6.54 Å².